The van der Waals surface area contributed by atoms with Crippen LogP contribution in [0.5, 0.6) is 0 Å². The first-order valence-corrected chi connectivity index (χ1v) is 12.5. The van der Waals surface area contributed by atoms with Gasteiger partial charge in [-0.05, 0) is 29.9 Å². The zero-order valence-electron chi connectivity index (χ0n) is 19.2. The maximum atomic E-state index is 13.4. The molecule has 2 aromatic carbocycles. The van der Waals surface area contributed by atoms with Gasteiger partial charge in [-0.1, -0.05) is 85.8 Å². The molecule has 2 heterocycles. The summed E-state index contributed by atoms with van der Waals surface area (Å²) in [7, 11) is 0. The lowest BCUT2D eigenvalue weighted by molar-refractivity contribution is -0.129. The normalized spacial score (nSPS) is 23.4. The first-order valence-electron chi connectivity index (χ1n) is 11.5. The number of H-pyrrole nitrogens is 1. The van der Waals surface area contributed by atoms with Crippen LogP contribution in [-0.4, -0.2) is 21.8 Å². The summed E-state index contributed by atoms with van der Waals surface area (Å²) in [5.41, 5.74) is 3.74. The fraction of sp³-hybridized carbons (Fsp3) is 0.370. The summed E-state index contributed by atoms with van der Waals surface area (Å²) in [4.78, 5) is 34.5. The molecule has 170 valence electrons. The van der Waals surface area contributed by atoms with Gasteiger partial charge in [-0.2, -0.15) is 0 Å². The Kier molecular flexibility index (Phi) is 5.65. The van der Waals surface area contributed by atoms with Gasteiger partial charge in [-0.15, -0.1) is 0 Å². The molecule has 1 saturated carbocycles. The second-order valence-electron chi connectivity index (χ2n) is 10.1. The third-order valence-electron chi connectivity index (χ3n) is 6.81. The number of nitrogens with one attached hydrogen (secondary N) is 2. The van der Waals surface area contributed by atoms with Crippen molar-refractivity contribution < 1.29 is 4.79 Å². The highest BCUT2D eigenvalue weighted by molar-refractivity contribution is 7.98. The van der Waals surface area contributed by atoms with Crippen molar-refractivity contribution in [2.24, 2.45) is 11.3 Å². The van der Waals surface area contributed by atoms with Crippen molar-refractivity contribution >= 4 is 23.4 Å². The maximum Gasteiger partial charge on any atom is 0.257 e. The number of thioether (sulfide) groups is 1. The molecule has 0 saturated heterocycles. The van der Waals surface area contributed by atoms with Gasteiger partial charge >= 0.3 is 0 Å². The van der Waals surface area contributed by atoms with E-state index in [9.17, 15) is 9.59 Å². The van der Waals surface area contributed by atoms with Crippen LogP contribution >= 0.6 is 11.8 Å². The highest BCUT2D eigenvalue weighted by Gasteiger charge is 2.49. The molecule has 6 heteroatoms. The molecular weight excluding hydrogens is 430 g/mol. The summed E-state index contributed by atoms with van der Waals surface area (Å²) in [6.45, 7) is 6.35. The summed E-state index contributed by atoms with van der Waals surface area (Å²) in [6.07, 6.45) is 1.40. The number of rotatable bonds is 4. The Hall–Kier alpha value is -2.86. The molecule has 0 spiro atoms. The lowest BCUT2D eigenvalue weighted by atomic mass is 9.62. The number of nitrogens with zero attached hydrogens (tertiary/aromatic N) is 1. The third kappa shape index (κ3) is 4.36. The molecule has 1 aromatic heterocycles. The van der Waals surface area contributed by atoms with E-state index in [4.69, 9.17) is 4.98 Å². The molecule has 0 radical (unpaired) electrons. The van der Waals surface area contributed by atoms with Crippen LogP contribution in [-0.2, 0) is 10.5 Å². The fourth-order valence-corrected chi connectivity index (χ4v) is 6.14. The van der Waals surface area contributed by atoms with Crippen molar-refractivity contribution in [1.29, 1.82) is 0 Å². The molecule has 0 amide bonds. The second kappa shape index (κ2) is 8.49. The molecule has 33 heavy (non-hydrogen) atoms. The van der Waals surface area contributed by atoms with Gasteiger partial charge in [-0.3, -0.25) is 9.59 Å². The number of benzene rings is 2. The minimum Gasteiger partial charge on any atom is -0.366 e. The van der Waals surface area contributed by atoms with Crippen LogP contribution in [0.4, 0.5) is 5.82 Å². The van der Waals surface area contributed by atoms with Gasteiger partial charge < -0.3 is 10.3 Å². The van der Waals surface area contributed by atoms with Gasteiger partial charge in [0.05, 0.1) is 5.56 Å². The number of aryl methyl sites for hydroxylation is 1. The van der Waals surface area contributed by atoms with Crippen LogP contribution in [0.25, 0.3) is 0 Å². The van der Waals surface area contributed by atoms with Crippen LogP contribution in [0.3, 0.4) is 0 Å². The number of hydrogen-bond donors (Lipinski definition) is 2. The van der Waals surface area contributed by atoms with E-state index >= 15 is 0 Å². The first kappa shape index (κ1) is 22.0. The predicted octanol–water partition coefficient (Wildman–Crippen LogP) is 5.30. The number of aromatic nitrogens is 2. The summed E-state index contributed by atoms with van der Waals surface area (Å²) in [5, 5.41) is 4.10. The van der Waals surface area contributed by atoms with Crippen molar-refractivity contribution in [1.82, 2.24) is 9.97 Å². The molecule has 5 nitrogen and oxygen atoms in total. The Morgan fingerprint density at radius 1 is 1.06 bits per heavy atom. The summed E-state index contributed by atoms with van der Waals surface area (Å²) in [6, 6.07) is 18.3. The van der Waals surface area contributed by atoms with Crippen LogP contribution in [0, 0.1) is 18.3 Å². The monoisotopic (exact) mass is 459 g/mol. The molecule has 1 aliphatic heterocycles. The molecule has 3 atom stereocenters. The largest absolute Gasteiger partial charge is 0.366 e. The zero-order chi connectivity index (χ0) is 23.2. The van der Waals surface area contributed by atoms with Gasteiger partial charge in [-0.25, -0.2) is 4.98 Å². The van der Waals surface area contributed by atoms with E-state index in [0.29, 0.717) is 23.0 Å². The number of ketones is 1. The quantitative estimate of drug-likeness (QED) is 0.409. The number of fused-ring (bicyclic) bond motifs is 2. The van der Waals surface area contributed by atoms with E-state index in [1.165, 1.54) is 22.9 Å². The number of carbonyl (C=O) groups excluding carboxylic acids is 1. The average molecular weight is 460 g/mol. The lowest BCUT2D eigenvalue weighted by Gasteiger charge is -2.46. The van der Waals surface area contributed by atoms with E-state index < -0.39 is 0 Å². The van der Waals surface area contributed by atoms with E-state index in [-0.39, 0.29) is 34.6 Å². The summed E-state index contributed by atoms with van der Waals surface area (Å²) in [5.74, 6) is 1.01. The van der Waals surface area contributed by atoms with E-state index in [2.05, 4.69) is 55.3 Å². The van der Waals surface area contributed by atoms with Gasteiger partial charge in [0.2, 0.25) is 0 Å². The topological polar surface area (TPSA) is 74.8 Å². The Balaban J connectivity index is 1.54. The van der Waals surface area contributed by atoms with Gasteiger partial charge in [0, 0.05) is 30.1 Å². The van der Waals surface area contributed by atoms with E-state index in [1.54, 1.807) is 0 Å². The summed E-state index contributed by atoms with van der Waals surface area (Å²) >= 11 is 1.52. The number of Topliss-reactive ketones (excluding diaryl/α,β-unsaturated/α-hetero) is 1. The number of anilines is 1. The lowest BCUT2D eigenvalue weighted by Crippen LogP contribution is -2.51. The highest BCUT2D eigenvalue weighted by Crippen LogP contribution is 2.48. The van der Waals surface area contributed by atoms with Crippen LogP contribution < -0.4 is 10.9 Å². The Morgan fingerprint density at radius 3 is 2.52 bits per heavy atom. The average Bonchev–Trinajstić information content (AvgIpc) is 2.77. The van der Waals surface area contributed by atoms with Gasteiger partial charge in [0.25, 0.3) is 5.56 Å². The number of carbonyl (C=O) groups is 1. The standard InChI is InChI=1S/C27H29N3O2S/c1-16-9-11-17(12-10-16)15-33-26-29-24-23(25(32)30-26)21(18-7-5-4-6-8-18)22-19(28-24)13-27(2,3)14-20(22)31/h4-12,19,21-22H,13-15H2,1-3H3,(H2,28,29,30,32). The molecule has 1 aliphatic carbocycles. The van der Waals surface area contributed by atoms with Gasteiger partial charge in [0.1, 0.15) is 11.6 Å². The van der Waals surface area contributed by atoms with Crippen LogP contribution in [0.2, 0.25) is 0 Å². The molecular formula is C27H29N3O2S. The smallest absolute Gasteiger partial charge is 0.257 e. The third-order valence-corrected chi connectivity index (χ3v) is 7.76. The maximum absolute atomic E-state index is 13.4. The predicted molar refractivity (Wildman–Crippen MR) is 133 cm³/mol. The zero-order valence-corrected chi connectivity index (χ0v) is 20.0. The number of aromatic amines is 1. The van der Waals surface area contributed by atoms with Crippen molar-refractivity contribution in [3.05, 3.63) is 87.2 Å². The molecule has 2 aliphatic rings. The van der Waals surface area contributed by atoms with Crippen molar-refractivity contribution in [2.45, 2.75) is 56.5 Å². The summed E-state index contributed by atoms with van der Waals surface area (Å²) < 4.78 is 0. The van der Waals surface area contributed by atoms with Crippen LogP contribution in [0.1, 0.15) is 54.9 Å². The molecule has 1 fully saturated rings. The Morgan fingerprint density at radius 2 is 1.79 bits per heavy atom. The number of hydrogen-bond acceptors (Lipinski definition) is 5. The van der Waals surface area contributed by atoms with Crippen LogP contribution in [0.15, 0.2) is 64.5 Å². The van der Waals surface area contributed by atoms with Gasteiger partial charge in [0.15, 0.2) is 5.16 Å². The molecule has 5 rings (SSSR count). The minimum absolute atomic E-state index is 0.0387. The molecule has 3 unspecified atom stereocenters. The van der Waals surface area contributed by atoms with Crippen molar-refractivity contribution in [3.8, 4) is 0 Å². The van der Waals surface area contributed by atoms with Crippen molar-refractivity contribution in [2.75, 3.05) is 5.32 Å². The molecule has 3 aromatic rings. The second-order valence-corrected chi connectivity index (χ2v) is 11.0. The van der Waals surface area contributed by atoms with E-state index in [0.717, 1.165) is 17.7 Å². The first-order chi connectivity index (χ1) is 15.8. The highest BCUT2D eigenvalue weighted by atomic mass is 32.2. The minimum atomic E-state index is -0.288. The molecule has 0 bridgehead atoms. The Labute approximate surface area is 198 Å². The fourth-order valence-electron chi connectivity index (χ4n) is 5.32. The van der Waals surface area contributed by atoms with E-state index in [1.807, 2.05) is 30.3 Å². The Bertz CT molecular complexity index is 1230. The van der Waals surface area contributed by atoms with Crippen molar-refractivity contribution in [3.63, 3.8) is 0 Å². The molecule has 2 N–H and O–H groups in total. The SMILES string of the molecule is Cc1ccc(CSc2nc3c(c(=O)[nH]2)C(c2ccccc2)C2C(=O)CC(C)(C)CC2N3)cc1.